The molecule has 1 aliphatic carbocycles. The number of ether oxygens (including phenoxy) is 1. The smallest absolute Gasteiger partial charge is 0.389 e. The standard InChI is InChI=1S/C20H19F3O2/c21-19(22,23)14-25-20(15-8-3-1-4-9-15,16-10-5-2-6-11-16)17-12-7-13-18(17)24/h1-6,8-12,18,24H,7,13-14H2. The van der Waals surface area contributed by atoms with Crippen molar-refractivity contribution in [1.82, 2.24) is 0 Å². The van der Waals surface area contributed by atoms with Gasteiger partial charge in [0, 0.05) is 0 Å². The minimum absolute atomic E-state index is 0.467. The molecule has 25 heavy (non-hydrogen) atoms. The maximum Gasteiger partial charge on any atom is 0.411 e. The molecule has 0 bridgehead atoms. The van der Waals surface area contributed by atoms with Crippen molar-refractivity contribution in [3.63, 3.8) is 0 Å². The van der Waals surface area contributed by atoms with Gasteiger partial charge in [0.1, 0.15) is 12.2 Å². The summed E-state index contributed by atoms with van der Waals surface area (Å²) in [6.45, 7) is -1.40. The van der Waals surface area contributed by atoms with Crippen molar-refractivity contribution in [2.24, 2.45) is 0 Å². The molecule has 0 saturated carbocycles. The van der Waals surface area contributed by atoms with Gasteiger partial charge in [-0.1, -0.05) is 66.7 Å². The van der Waals surface area contributed by atoms with Gasteiger partial charge in [0.2, 0.25) is 0 Å². The lowest BCUT2D eigenvalue weighted by Crippen LogP contribution is -2.40. The van der Waals surface area contributed by atoms with E-state index in [0.717, 1.165) is 0 Å². The van der Waals surface area contributed by atoms with Gasteiger partial charge < -0.3 is 9.84 Å². The number of rotatable bonds is 5. The summed E-state index contributed by atoms with van der Waals surface area (Å²) < 4.78 is 44.6. The Bertz CT molecular complexity index is 684. The molecule has 132 valence electrons. The normalized spacial score (nSPS) is 18.2. The molecule has 0 amide bonds. The third-order valence-electron chi connectivity index (χ3n) is 4.38. The molecule has 5 heteroatoms. The molecule has 2 aromatic carbocycles. The molecule has 1 aliphatic rings. The van der Waals surface area contributed by atoms with Crippen molar-refractivity contribution in [1.29, 1.82) is 0 Å². The van der Waals surface area contributed by atoms with Crippen molar-refractivity contribution in [3.05, 3.63) is 83.4 Å². The second-order valence-corrected chi connectivity index (χ2v) is 6.07. The highest BCUT2D eigenvalue weighted by molar-refractivity contribution is 5.48. The molecule has 1 N–H and O–H groups in total. The lowest BCUT2D eigenvalue weighted by molar-refractivity contribution is -0.196. The molecule has 3 rings (SSSR count). The minimum atomic E-state index is -4.47. The Kier molecular flexibility index (Phi) is 4.97. The van der Waals surface area contributed by atoms with E-state index in [2.05, 4.69) is 0 Å². The molecule has 0 fully saturated rings. The summed E-state index contributed by atoms with van der Waals surface area (Å²) in [5, 5.41) is 10.4. The number of aliphatic hydroxyl groups is 1. The van der Waals surface area contributed by atoms with E-state index in [1.807, 2.05) is 0 Å². The average Bonchev–Trinajstić information content (AvgIpc) is 3.03. The van der Waals surface area contributed by atoms with E-state index in [-0.39, 0.29) is 0 Å². The Morgan fingerprint density at radius 2 is 1.44 bits per heavy atom. The molecule has 1 unspecified atom stereocenters. The van der Waals surface area contributed by atoms with Gasteiger partial charge in [-0.05, 0) is 29.5 Å². The molecule has 0 aliphatic heterocycles. The fraction of sp³-hybridized carbons (Fsp3) is 0.300. The first-order valence-corrected chi connectivity index (χ1v) is 8.14. The topological polar surface area (TPSA) is 29.5 Å². The predicted molar refractivity (Wildman–Crippen MR) is 89.0 cm³/mol. The van der Waals surface area contributed by atoms with Crippen molar-refractivity contribution in [2.45, 2.75) is 30.7 Å². The van der Waals surface area contributed by atoms with Gasteiger partial charge in [-0.3, -0.25) is 0 Å². The van der Waals surface area contributed by atoms with Crippen molar-refractivity contribution in [2.75, 3.05) is 6.61 Å². The maximum atomic E-state index is 13.0. The molecule has 0 saturated heterocycles. The van der Waals surface area contributed by atoms with Crippen molar-refractivity contribution < 1.29 is 23.0 Å². The summed E-state index contributed by atoms with van der Waals surface area (Å²) >= 11 is 0. The van der Waals surface area contributed by atoms with Crippen LogP contribution in [0.3, 0.4) is 0 Å². The molecule has 0 spiro atoms. The first-order chi connectivity index (χ1) is 11.9. The Hall–Kier alpha value is -2.11. The average molecular weight is 348 g/mol. The van der Waals surface area contributed by atoms with Gasteiger partial charge >= 0.3 is 6.18 Å². The number of halogens is 3. The van der Waals surface area contributed by atoms with Gasteiger partial charge in [-0.25, -0.2) is 0 Å². The van der Waals surface area contributed by atoms with Crippen molar-refractivity contribution >= 4 is 0 Å². The van der Waals surface area contributed by atoms with Gasteiger partial charge in [0.15, 0.2) is 0 Å². The minimum Gasteiger partial charge on any atom is -0.389 e. The fourth-order valence-corrected chi connectivity index (χ4v) is 3.35. The third kappa shape index (κ3) is 3.62. The van der Waals surface area contributed by atoms with E-state index in [4.69, 9.17) is 4.74 Å². The Morgan fingerprint density at radius 1 is 0.920 bits per heavy atom. The zero-order chi connectivity index (χ0) is 17.9. The highest BCUT2D eigenvalue weighted by Crippen LogP contribution is 2.45. The number of allylic oxidation sites excluding steroid dienone is 1. The van der Waals surface area contributed by atoms with Crippen LogP contribution < -0.4 is 0 Å². The zero-order valence-corrected chi connectivity index (χ0v) is 13.5. The molecule has 1 atom stereocenters. The van der Waals surface area contributed by atoms with Gasteiger partial charge in [-0.15, -0.1) is 0 Å². The summed E-state index contributed by atoms with van der Waals surface area (Å²) in [6.07, 6.45) is -2.44. The van der Waals surface area contributed by atoms with Crippen LogP contribution in [0.2, 0.25) is 0 Å². The molecular weight excluding hydrogens is 329 g/mol. The molecular formula is C20H19F3O2. The van der Waals surface area contributed by atoms with Crippen LogP contribution in [0.15, 0.2) is 72.3 Å². The van der Waals surface area contributed by atoms with Crippen LogP contribution in [0.5, 0.6) is 0 Å². The molecule has 0 heterocycles. The molecule has 2 aromatic rings. The first-order valence-electron chi connectivity index (χ1n) is 8.14. The monoisotopic (exact) mass is 348 g/mol. The van der Waals surface area contributed by atoms with Crippen LogP contribution in [0.1, 0.15) is 24.0 Å². The Labute approximate surface area is 144 Å². The molecule has 0 radical (unpaired) electrons. The fourth-order valence-electron chi connectivity index (χ4n) is 3.35. The summed E-state index contributed by atoms with van der Waals surface area (Å²) in [5.74, 6) is 0. The highest BCUT2D eigenvalue weighted by Gasteiger charge is 2.46. The molecule has 0 aromatic heterocycles. The van der Waals surface area contributed by atoms with Crippen LogP contribution in [0, 0.1) is 0 Å². The lowest BCUT2D eigenvalue weighted by atomic mass is 9.78. The van der Waals surface area contributed by atoms with E-state index >= 15 is 0 Å². The second kappa shape index (κ2) is 7.02. The number of hydrogen-bond donors (Lipinski definition) is 1. The summed E-state index contributed by atoms with van der Waals surface area (Å²) in [4.78, 5) is 0. The van der Waals surface area contributed by atoms with Crippen LogP contribution >= 0.6 is 0 Å². The number of benzene rings is 2. The third-order valence-corrected chi connectivity index (χ3v) is 4.38. The maximum absolute atomic E-state index is 13.0. The largest absolute Gasteiger partial charge is 0.411 e. The number of hydrogen-bond acceptors (Lipinski definition) is 2. The summed E-state index contributed by atoms with van der Waals surface area (Å²) in [5.41, 5.74) is 0.137. The van der Waals surface area contributed by atoms with Crippen LogP contribution in [0.25, 0.3) is 0 Å². The Morgan fingerprint density at radius 3 is 1.84 bits per heavy atom. The van der Waals surface area contributed by atoms with E-state index in [1.54, 1.807) is 66.7 Å². The highest BCUT2D eigenvalue weighted by atomic mass is 19.4. The lowest BCUT2D eigenvalue weighted by Gasteiger charge is -2.38. The van der Waals surface area contributed by atoms with Crippen LogP contribution in [0.4, 0.5) is 13.2 Å². The number of alkyl halides is 3. The predicted octanol–water partition coefficient (Wildman–Crippen LogP) is 4.59. The summed E-state index contributed by atoms with van der Waals surface area (Å²) in [6, 6.07) is 17.5. The quantitative estimate of drug-likeness (QED) is 0.801. The second-order valence-electron chi connectivity index (χ2n) is 6.07. The van der Waals surface area contributed by atoms with Gasteiger partial charge in [0.25, 0.3) is 0 Å². The summed E-state index contributed by atoms with van der Waals surface area (Å²) in [7, 11) is 0. The van der Waals surface area contributed by atoms with Crippen LogP contribution in [-0.2, 0) is 10.3 Å². The first kappa shape index (κ1) is 17.7. The van der Waals surface area contributed by atoms with E-state index in [1.165, 1.54) is 0 Å². The van der Waals surface area contributed by atoms with E-state index in [9.17, 15) is 18.3 Å². The Balaban J connectivity index is 2.20. The zero-order valence-electron chi connectivity index (χ0n) is 13.5. The van der Waals surface area contributed by atoms with Crippen LogP contribution in [-0.4, -0.2) is 24.0 Å². The molecule has 2 nitrogen and oxygen atoms in total. The van der Waals surface area contributed by atoms with Crippen molar-refractivity contribution in [3.8, 4) is 0 Å². The van der Waals surface area contributed by atoms with E-state index in [0.29, 0.717) is 29.5 Å². The van der Waals surface area contributed by atoms with Gasteiger partial charge in [0.05, 0.1) is 6.10 Å². The van der Waals surface area contributed by atoms with Gasteiger partial charge in [-0.2, -0.15) is 13.2 Å². The number of aliphatic hydroxyl groups excluding tert-OH is 1. The SMILES string of the molecule is OC1CCC=C1C(OCC(F)(F)F)(c1ccccc1)c1ccccc1. The van der Waals surface area contributed by atoms with E-state index < -0.39 is 24.5 Å².